The fourth-order valence-corrected chi connectivity index (χ4v) is 2.40. The number of halogens is 1. The second-order valence-electron chi connectivity index (χ2n) is 5.28. The smallest absolute Gasteiger partial charge is 0.410 e. The van der Waals surface area contributed by atoms with Gasteiger partial charge in [-0.05, 0) is 19.0 Å². The summed E-state index contributed by atoms with van der Waals surface area (Å²) < 4.78 is 18.6. The number of amides is 1. The SMILES string of the molecule is O=CCCCN1CCN(C(=O)OCc2ccccc2F)CC1. The molecule has 0 bridgehead atoms. The number of rotatable bonds is 6. The van der Waals surface area contributed by atoms with Crippen LogP contribution in [-0.4, -0.2) is 54.9 Å². The topological polar surface area (TPSA) is 49.9 Å². The third-order valence-corrected chi connectivity index (χ3v) is 3.74. The number of hydrogen-bond acceptors (Lipinski definition) is 4. The van der Waals surface area contributed by atoms with Gasteiger partial charge < -0.3 is 14.4 Å². The first-order chi connectivity index (χ1) is 10.7. The Kier molecular flexibility index (Phi) is 6.33. The van der Waals surface area contributed by atoms with Crippen molar-refractivity contribution in [3.63, 3.8) is 0 Å². The van der Waals surface area contributed by atoms with Crippen LogP contribution in [-0.2, 0) is 16.1 Å². The molecule has 1 saturated heterocycles. The van der Waals surface area contributed by atoms with Gasteiger partial charge in [0.2, 0.25) is 0 Å². The summed E-state index contributed by atoms with van der Waals surface area (Å²) in [5.74, 6) is -0.365. The Morgan fingerprint density at radius 3 is 2.64 bits per heavy atom. The zero-order valence-corrected chi connectivity index (χ0v) is 12.5. The lowest BCUT2D eigenvalue weighted by Gasteiger charge is -2.33. The van der Waals surface area contributed by atoms with Crippen molar-refractivity contribution < 1.29 is 18.7 Å². The van der Waals surface area contributed by atoms with Gasteiger partial charge in [0.25, 0.3) is 0 Å². The van der Waals surface area contributed by atoms with E-state index in [-0.39, 0.29) is 12.4 Å². The largest absolute Gasteiger partial charge is 0.444 e. The molecule has 1 amide bonds. The average Bonchev–Trinajstić information content (AvgIpc) is 2.55. The highest BCUT2D eigenvalue weighted by Gasteiger charge is 2.22. The van der Waals surface area contributed by atoms with Gasteiger partial charge in [0, 0.05) is 38.2 Å². The number of nitrogens with zero attached hydrogens (tertiary/aromatic N) is 2. The molecular weight excluding hydrogens is 287 g/mol. The van der Waals surface area contributed by atoms with Crippen LogP contribution in [0.3, 0.4) is 0 Å². The highest BCUT2D eigenvalue weighted by Crippen LogP contribution is 2.10. The summed E-state index contributed by atoms with van der Waals surface area (Å²) in [6, 6.07) is 6.27. The van der Waals surface area contributed by atoms with Gasteiger partial charge in [-0.3, -0.25) is 4.90 Å². The van der Waals surface area contributed by atoms with E-state index in [9.17, 15) is 14.0 Å². The zero-order valence-electron chi connectivity index (χ0n) is 12.5. The standard InChI is InChI=1S/C16H21FN2O3/c17-15-6-2-1-5-14(15)13-22-16(21)19-10-8-18(9-11-19)7-3-4-12-20/h1-2,5-6,12H,3-4,7-11,13H2. The normalized spacial score (nSPS) is 15.6. The van der Waals surface area contributed by atoms with Gasteiger partial charge in [-0.15, -0.1) is 0 Å². The first-order valence-corrected chi connectivity index (χ1v) is 7.52. The quantitative estimate of drug-likeness (QED) is 0.596. The summed E-state index contributed by atoms with van der Waals surface area (Å²) in [5, 5.41) is 0. The van der Waals surface area contributed by atoms with E-state index < -0.39 is 6.09 Å². The molecule has 1 aliphatic heterocycles. The van der Waals surface area contributed by atoms with E-state index in [1.165, 1.54) is 6.07 Å². The number of unbranched alkanes of at least 4 members (excludes halogenated alkanes) is 1. The number of piperazine rings is 1. The van der Waals surface area contributed by atoms with Crippen LogP contribution < -0.4 is 0 Å². The van der Waals surface area contributed by atoms with E-state index in [1.54, 1.807) is 23.1 Å². The molecule has 120 valence electrons. The monoisotopic (exact) mass is 308 g/mol. The molecule has 6 heteroatoms. The molecule has 1 fully saturated rings. The van der Waals surface area contributed by atoms with Gasteiger partial charge in [0.1, 0.15) is 18.7 Å². The van der Waals surface area contributed by atoms with Crippen molar-refractivity contribution >= 4 is 12.4 Å². The lowest BCUT2D eigenvalue weighted by Crippen LogP contribution is -2.49. The van der Waals surface area contributed by atoms with Crippen LogP contribution in [0.4, 0.5) is 9.18 Å². The Balaban J connectivity index is 1.71. The van der Waals surface area contributed by atoms with Gasteiger partial charge in [0.05, 0.1) is 0 Å². The molecule has 2 rings (SSSR count). The summed E-state index contributed by atoms with van der Waals surface area (Å²) in [6.45, 7) is 3.55. The average molecular weight is 308 g/mol. The molecule has 0 spiro atoms. The van der Waals surface area contributed by atoms with Crippen molar-refractivity contribution in [1.82, 2.24) is 9.80 Å². The first-order valence-electron chi connectivity index (χ1n) is 7.52. The minimum Gasteiger partial charge on any atom is -0.444 e. The van der Waals surface area contributed by atoms with Crippen LogP contribution in [0.5, 0.6) is 0 Å². The van der Waals surface area contributed by atoms with Gasteiger partial charge in [-0.2, -0.15) is 0 Å². The lowest BCUT2D eigenvalue weighted by molar-refractivity contribution is -0.108. The predicted molar refractivity (Wildman–Crippen MR) is 79.9 cm³/mol. The molecule has 5 nitrogen and oxygen atoms in total. The van der Waals surface area contributed by atoms with Crippen LogP contribution >= 0.6 is 0 Å². The Morgan fingerprint density at radius 1 is 1.23 bits per heavy atom. The summed E-state index contributed by atoms with van der Waals surface area (Å²) in [7, 11) is 0. The van der Waals surface area contributed by atoms with Gasteiger partial charge in [-0.1, -0.05) is 18.2 Å². The molecule has 1 heterocycles. The van der Waals surface area contributed by atoms with E-state index in [0.29, 0.717) is 25.1 Å². The molecule has 1 aliphatic rings. The molecule has 1 aromatic rings. The van der Waals surface area contributed by atoms with Crippen molar-refractivity contribution in [3.8, 4) is 0 Å². The Bertz CT molecular complexity index is 502. The van der Waals surface area contributed by atoms with Crippen molar-refractivity contribution in [2.24, 2.45) is 0 Å². The number of ether oxygens (including phenoxy) is 1. The fourth-order valence-electron chi connectivity index (χ4n) is 2.40. The number of hydrogen-bond donors (Lipinski definition) is 0. The molecule has 0 atom stereocenters. The maximum Gasteiger partial charge on any atom is 0.410 e. The van der Waals surface area contributed by atoms with Crippen molar-refractivity contribution in [2.45, 2.75) is 19.4 Å². The maximum absolute atomic E-state index is 13.4. The molecule has 0 aromatic heterocycles. The van der Waals surface area contributed by atoms with Gasteiger partial charge in [0.15, 0.2) is 0 Å². The van der Waals surface area contributed by atoms with Crippen molar-refractivity contribution in [1.29, 1.82) is 0 Å². The Morgan fingerprint density at radius 2 is 1.95 bits per heavy atom. The number of aldehydes is 1. The maximum atomic E-state index is 13.4. The zero-order chi connectivity index (χ0) is 15.8. The van der Waals surface area contributed by atoms with E-state index in [4.69, 9.17) is 4.74 Å². The third-order valence-electron chi connectivity index (χ3n) is 3.74. The lowest BCUT2D eigenvalue weighted by atomic mass is 10.2. The van der Waals surface area contributed by atoms with Crippen molar-refractivity contribution in [2.75, 3.05) is 32.7 Å². The molecule has 0 aliphatic carbocycles. The number of carbonyl (C=O) groups excluding carboxylic acids is 2. The van der Waals surface area contributed by atoms with Gasteiger partial charge in [-0.25, -0.2) is 9.18 Å². The van der Waals surface area contributed by atoms with Gasteiger partial charge >= 0.3 is 6.09 Å². The van der Waals surface area contributed by atoms with Crippen LogP contribution in [0.1, 0.15) is 18.4 Å². The molecule has 0 N–H and O–H groups in total. The van der Waals surface area contributed by atoms with Crippen LogP contribution in [0.15, 0.2) is 24.3 Å². The molecular formula is C16H21FN2O3. The van der Waals surface area contributed by atoms with E-state index in [1.807, 2.05) is 0 Å². The number of carbonyl (C=O) groups is 2. The summed E-state index contributed by atoms with van der Waals surface area (Å²) in [6.07, 6.45) is 1.94. The van der Waals surface area contributed by atoms with Crippen LogP contribution in [0.2, 0.25) is 0 Å². The van der Waals surface area contributed by atoms with E-state index in [0.717, 1.165) is 32.3 Å². The summed E-state index contributed by atoms with van der Waals surface area (Å²) in [4.78, 5) is 26.1. The predicted octanol–water partition coefficient (Wildman–Crippen LogP) is 2.06. The Labute approximate surface area is 129 Å². The molecule has 0 radical (unpaired) electrons. The Hall–Kier alpha value is -1.95. The third kappa shape index (κ3) is 4.80. The summed E-state index contributed by atoms with van der Waals surface area (Å²) in [5.41, 5.74) is 0.378. The minimum atomic E-state index is -0.407. The molecule has 22 heavy (non-hydrogen) atoms. The molecule has 1 aromatic carbocycles. The van der Waals surface area contributed by atoms with E-state index in [2.05, 4.69) is 4.90 Å². The highest BCUT2D eigenvalue weighted by atomic mass is 19.1. The number of benzene rings is 1. The first kappa shape index (κ1) is 16.4. The molecule has 0 unspecified atom stereocenters. The minimum absolute atomic E-state index is 0.0505. The second kappa shape index (κ2) is 8.48. The fraction of sp³-hybridized carbons (Fsp3) is 0.500. The van der Waals surface area contributed by atoms with Crippen LogP contribution in [0, 0.1) is 5.82 Å². The van der Waals surface area contributed by atoms with Crippen LogP contribution in [0.25, 0.3) is 0 Å². The highest BCUT2D eigenvalue weighted by molar-refractivity contribution is 5.67. The van der Waals surface area contributed by atoms with Crippen molar-refractivity contribution in [3.05, 3.63) is 35.6 Å². The molecule has 0 saturated carbocycles. The van der Waals surface area contributed by atoms with E-state index >= 15 is 0 Å². The second-order valence-corrected chi connectivity index (χ2v) is 5.28. The summed E-state index contributed by atoms with van der Waals surface area (Å²) >= 11 is 0.